The Morgan fingerprint density at radius 1 is 1.11 bits per heavy atom. The summed E-state index contributed by atoms with van der Waals surface area (Å²) in [5.41, 5.74) is -5.20. The second-order valence-corrected chi connectivity index (χ2v) is 6.63. The van der Waals surface area contributed by atoms with Crippen LogP contribution in [0.2, 0.25) is 0 Å². The number of carbonyl (C=O) groups is 2. The SMILES string of the molecule is CCOC(=O)[C@]1(O)C[C@H](c2ccc(F)cc2)C[C@](O)(C(=O)OCC)[C@H]1[N+](=O)[O-]. The van der Waals surface area contributed by atoms with Crippen LogP contribution in [0.1, 0.15) is 38.2 Å². The number of ether oxygens (including phenoxy) is 2. The molecule has 0 bridgehead atoms. The molecule has 1 aromatic rings. The Labute approximate surface area is 160 Å². The van der Waals surface area contributed by atoms with Gasteiger partial charge in [-0.15, -0.1) is 0 Å². The van der Waals surface area contributed by atoms with Crippen molar-refractivity contribution in [2.24, 2.45) is 0 Å². The lowest BCUT2D eigenvalue weighted by Gasteiger charge is -2.44. The number of hydrogen-bond acceptors (Lipinski definition) is 8. The summed E-state index contributed by atoms with van der Waals surface area (Å²) in [6, 6.07) is 2.56. The fourth-order valence-electron chi connectivity index (χ4n) is 3.66. The van der Waals surface area contributed by atoms with E-state index in [0.29, 0.717) is 5.56 Å². The monoisotopic (exact) mass is 399 g/mol. The lowest BCUT2D eigenvalue weighted by molar-refractivity contribution is -0.566. The van der Waals surface area contributed by atoms with E-state index < -0.39 is 58.7 Å². The van der Waals surface area contributed by atoms with Gasteiger partial charge in [-0.3, -0.25) is 10.1 Å². The van der Waals surface area contributed by atoms with Crippen molar-refractivity contribution in [1.82, 2.24) is 0 Å². The maximum atomic E-state index is 13.2. The van der Waals surface area contributed by atoms with Gasteiger partial charge in [0.2, 0.25) is 11.2 Å². The summed E-state index contributed by atoms with van der Waals surface area (Å²) in [4.78, 5) is 35.5. The quantitative estimate of drug-likeness (QED) is 0.410. The number of hydrogen-bond donors (Lipinski definition) is 2. The van der Waals surface area contributed by atoms with Crippen LogP contribution in [0.3, 0.4) is 0 Å². The van der Waals surface area contributed by atoms with Gasteiger partial charge in [-0.05, 0) is 37.5 Å². The normalized spacial score (nSPS) is 29.8. The standard InChI is InChI=1S/C18H22FNO8/c1-3-27-15(21)17(23)9-12(11-5-7-13(19)8-6-11)10-18(24,14(17)20(25)26)16(22)28-4-2/h5-8,12,14,23-24H,3-4,9-10H2,1-2H3/t12-,14-,17-,18+. The van der Waals surface area contributed by atoms with Crippen LogP contribution in [0.4, 0.5) is 4.39 Å². The molecular formula is C18H22FNO8. The first kappa shape index (κ1) is 21.7. The molecule has 28 heavy (non-hydrogen) atoms. The Bertz CT molecular complexity index is 720. The Hall–Kier alpha value is -2.59. The van der Waals surface area contributed by atoms with Crippen LogP contribution in [0, 0.1) is 15.9 Å². The van der Waals surface area contributed by atoms with Crippen molar-refractivity contribution in [2.45, 2.75) is 49.9 Å². The molecule has 1 aromatic carbocycles. The first-order chi connectivity index (χ1) is 13.1. The second-order valence-electron chi connectivity index (χ2n) is 6.63. The fraction of sp³-hybridized carbons (Fsp3) is 0.556. The minimum absolute atomic E-state index is 0.176. The lowest BCUT2D eigenvalue weighted by atomic mass is 9.64. The molecule has 4 atom stereocenters. The summed E-state index contributed by atoms with van der Waals surface area (Å²) < 4.78 is 22.8. The molecule has 10 heteroatoms. The van der Waals surface area contributed by atoms with Gasteiger partial charge < -0.3 is 19.7 Å². The predicted molar refractivity (Wildman–Crippen MR) is 92.3 cm³/mol. The molecule has 154 valence electrons. The van der Waals surface area contributed by atoms with E-state index in [1.54, 1.807) is 0 Å². The predicted octanol–water partition coefficient (Wildman–Crippen LogP) is 0.937. The minimum atomic E-state index is -2.79. The molecule has 0 spiro atoms. The third kappa shape index (κ3) is 3.83. The van der Waals surface area contributed by atoms with E-state index >= 15 is 0 Å². The Kier molecular flexibility index (Phi) is 6.35. The fourth-order valence-corrected chi connectivity index (χ4v) is 3.66. The summed E-state index contributed by atoms with van der Waals surface area (Å²) in [7, 11) is 0. The molecule has 0 saturated heterocycles. The zero-order valence-corrected chi connectivity index (χ0v) is 15.5. The van der Waals surface area contributed by atoms with Crippen LogP contribution in [0.5, 0.6) is 0 Å². The van der Waals surface area contributed by atoms with Gasteiger partial charge in [-0.1, -0.05) is 12.1 Å². The van der Waals surface area contributed by atoms with Crippen molar-refractivity contribution < 1.29 is 38.6 Å². The van der Waals surface area contributed by atoms with Crippen LogP contribution >= 0.6 is 0 Å². The van der Waals surface area contributed by atoms with E-state index in [2.05, 4.69) is 0 Å². The molecule has 2 N–H and O–H groups in total. The molecule has 1 saturated carbocycles. The van der Waals surface area contributed by atoms with Crippen LogP contribution in [0.15, 0.2) is 24.3 Å². The first-order valence-corrected chi connectivity index (χ1v) is 8.78. The zero-order chi connectivity index (χ0) is 21.1. The van der Waals surface area contributed by atoms with E-state index in [1.807, 2.05) is 0 Å². The number of halogens is 1. The molecule has 2 rings (SSSR count). The summed E-state index contributed by atoms with van der Waals surface area (Å²) in [5.74, 6) is -4.07. The molecule has 1 aliphatic rings. The molecule has 0 heterocycles. The molecular weight excluding hydrogens is 377 g/mol. The maximum Gasteiger partial charge on any atom is 0.345 e. The summed E-state index contributed by atoms with van der Waals surface area (Å²) in [6.45, 7) is 2.54. The average Bonchev–Trinajstić information content (AvgIpc) is 2.61. The van der Waals surface area contributed by atoms with Gasteiger partial charge in [0.15, 0.2) is 0 Å². The van der Waals surface area contributed by atoms with Gasteiger partial charge in [-0.25, -0.2) is 14.0 Å². The maximum absolute atomic E-state index is 13.2. The smallest absolute Gasteiger partial charge is 0.345 e. The molecule has 0 radical (unpaired) electrons. The highest BCUT2D eigenvalue weighted by Gasteiger charge is 2.71. The second kappa shape index (κ2) is 8.19. The summed E-state index contributed by atoms with van der Waals surface area (Å²) in [6.07, 6.45) is -0.990. The van der Waals surface area contributed by atoms with Crippen LogP contribution < -0.4 is 0 Å². The minimum Gasteiger partial charge on any atom is -0.464 e. The average molecular weight is 399 g/mol. The number of nitrogens with zero attached hydrogens (tertiary/aromatic N) is 1. The van der Waals surface area contributed by atoms with E-state index in [-0.39, 0.29) is 13.2 Å². The van der Waals surface area contributed by atoms with Crippen LogP contribution in [-0.2, 0) is 19.1 Å². The van der Waals surface area contributed by atoms with Crippen molar-refractivity contribution in [2.75, 3.05) is 13.2 Å². The van der Waals surface area contributed by atoms with Crippen molar-refractivity contribution >= 4 is 11.9 Å². The Morgan fingerprint density at radius 3 is 1.89 bits per heavy atom. The van der Waals surface area contributed by atoms with E-state index in [4.69, 9.17) is 9.47 Å². The van der Waals surface area contributed by atoms with Crippen molar-refractivity contribution in [3.05, 3.63) is 45.8 Å². The number of esters is 2. The topological polar surface area (TPSA) is 136 Å². The van der Waals surface area contributed by atoms with Crippen molar-refractivity contribution in [1.29, 1.82) is 0 Å². The Morgan fingerprint density at radius 2 is 1.54 bits per heavy atom. The van der Waals surface area contributed by atoms with E-state index in [9.17, 15) is 34.3 Å². The highest BCUT2D eigenvalue weighted by atomic mass is 19.1. The van der Waals surface area contributed by atoms with Crippen molar-refractivity contribution in [3.63, 3.8) is 0 Å². The molecule has 1 fully saturated rings. The lowest BCUT2D eigenvalue weighted by Crippen LogP contribution is -2.70. The number of aliphatic hydroxyl groups is 2. The van der Waals surface area contributed by atoms with Gasteiger partial charge in [0.25, 0.3) is 6.04 Å². The van der Waals surface area contributed by atoms with Gasteiger partial charge in [0.1, 0.15) is 5.82 Å². The zero-order valence-electron chi connectivity index (χ0n) is 15.5. The number of carbonyl (C=O) groups excluding carboxylic acids is 2. The van der Waals surface area contributed by atoms with Gasteiger partial charge in [0.05, 0.1) is 13.2 Å². The highest BCUT2D eigenvalue weighted by molar-refractivity contribution is 5.86. The van der Waals surface area contributed by atoms with E-state index in [1.165, 1.54) is 26.0 Å². The Balaban J connectivity index is 2.60. The highest BCUT2D eigenvalue weighted by Crippen LogP contribution is 2.46. The molecule has 0 aromatic heterocycles. The van der Waals surface area contributed by atoms with Crippen LogP contribution in [0.25, 0.3) is 0 Å². The molecule has 9 nitrogen and oxygen atoms in total. The third-order valence-electron chi connectivity index (χ3n) is 4.83. The van der Waals surface area contributed by atoms with Gasteiger partial charge >= 0.3 is 11.9 Å². The summed E-state index contributed by atoms with van der Waals surface area (Å²) >= 11 is 0. The van der Waals surface area contributed by atoms with Crippen molar-refractivity contribution in [3.8, 4) is 0 Å². The third-order valence-corrected chi connectivity index (χ3v) is 4.83. The molecule has 0 aliphatic heterocycles. The number of rotatable bonds is 6. The molecule has 0 unspecified atom stereocenters. The van der Waals surface area contributed by atoms with Gasteiger partial charge in [0, 0.05) is 17.8 Å². The largest absolute Gasteiger partial charge is 0.464 e. The first-order valence-electron chi connectivity index (χ1n) is 8.78. The number of benzene rings is 1. The summed E-state index contributed by atoms with van der Waals surface area (Å²) in [5, 5.41) is 33.7. The molecule has 1 aliphatic carbocycles. The van der Waals surface area contributed by atoms with Gasteiger partial charge in [-0.2, -0.15) is 0 Å². The van der Waals surface area contributed by atoms with E-state index in [0.717, 1.165) is 12.1 Å². The number of nitro groups is 1. The van der Waals surface area contributed by atoms with Crippen LogP contribution in [-0.4, -0.2) is 57.5 Å². The molecule has 0 amide bonds.